The molecule has 0 aliphatic carbocycles. The average Bonchev–Trinajstić information content (AvgIpc) is 3.10. The second-order valence-corrected chi connectivity index (χ2v) is 10.4. The second-order valence-electron chi connectivity index (χ2n) is 8.74. The molecule has 3 aromatic rings. The fourth-order valence-corrected chi connectivity index (χ4v) is 5.29. The van der Waals surface area contributed by atoms with Gasteiger partial charge in [0.1, 0.15) is 0 Å². The van der Waals surface area contributed by atoms with Gasteiger partial charge in [0.2, 0.25) is 0 Å². The fraction of sp³-hybridized carbons (Fsp3) is 0.259. The summed E-state index contributed by atoms with van der Waals surface area (Å²) in [6, 6.07) is 21.4. The van der Waals surface area contributed by atoms with Crippen LogP contribution in [0.5, 0.6) is 0 Å². The number of hydrogen-bond acceptors (Lipinski definition) is 5. The summed E-state index contributed by atoms with van der Waals surface area (Å²) >= 11 is 0. The Morgan fingerprint density at radius 1 is 0.943 bits per heavy atom. The van der Waals surface area contributed by atoms with Crippen molar-refractivity contribution in [2.24, 2.45) is 0 Å². The molecule has 0 atom stereocenters. The zero-order valence-corrected chi connectivity index (χ0v) is 20.7. The van der Waals surface area contributed by atoms with Gasteiger partial charge in [-0.05, 0) is 79.9 Å². The maximum atomic E-state index is 13.4. The molecule has 1 saturated heterocycles. The molecule has 1 aliphatic heterocycles. The summed E-state index contributed by atoms with van der Waals surface area (Å²) in [5, 5.41) is 9.02. The Kier molecular flexibility index (Phi) is 7.08. The third-order valence-electron chi connectivity index (χ3n) is 6.16. The first kappa shape index (κ1) is 24.3. The van der Waals surface area contributed by atoms with Crippen molar-refractivity contribution in [1.82, 2.24) is 4.90 Å². The van der Waals surface area contributed by atoms with Gasteiger partial charge in [-0.1, -0.05) is 18.2 Å². The van der Waals surface area contributed by atoms with Gasteiger partial charge in [-0.3, -0.25) is 9.52 Å². The van der Waals surface area contributed by atoms with Crippen molar-refractivity contribution in [2.75, 3.05) is 35.8 Å². The van der Waals surface area contributed by atoms with Crippen LogP contribution in [0.15, 0.2) is 71.6 Å². The van der Waals surface area contributed by atoms with Crippen LogP contribution >= 0.6 is 0 Å². The Hall–Kier alpha value is -3.83. The number of amides is 1. The Bertz CT molecular complexity index is 1380. The van der Waals surface area contributed by atoms with Crippen LogP contribution in [-0.4, -0.2) is 45.4 Å². The molecule has 180 valence electrons. The van der Waals surface area contributed by atoms with E-state index in [-0.39, 0.29) is 10.8 Å². The fourth-order valence-electron chi connectivity index (χ4n) is 4.22. The van der Waals surface area contributed by atoms with Crippen molar-refractivity contribution in [3.8, 4) is 6.07 Å². The highest BCUT2D eigenvalue weighted by atomic mass is 32.2. The van der Waals surface area contributed by atoms with E-state index in [2.05, 4.69) is 15.7 Å². The van der Waals surface area contributed by atoms with Gasteiger partial charge in [-0.2, -0.15) is 5.26 Å². The summed E-state index contributed by atoms with van der Waals surface area (Å²) in [6.07, 6.45) is 0.789. The average molecular weight is 489 g/mol. The quantitative estimate of drug-likeness (QED) is 0.577. The van der Waals surface area contributed by atoms with E-state index in [4.69, 9.17) is 5.26 Å². The maximum absolute atomic E-state index is 13.4. The van der Waals surface area contributed by atoms with E-state index in [1.54, 1.807) is 41.3 Å². The molecule has 0 bridgehead atoms. The minimum atomic E-state index is -3.84. The number of carbonyl (C=O) groups excluding carboxylic acids is 1. The smallest absolute Gasteiger partial charge is 0.261 e. The van der Waals surface area contributed by atoms with Gasteiger partial charge in [-0.25, -0.2) is 8.42 Å². The maximum Gasteiger partial charge on any atom is 0.261 e. The van der Waals surface area contributed by atoms with E-state index in [0.29, 0.717) is 36.4 Å². The lowest BCUT2D eigenvalue weighted by Gasteiger charge is -2.24. The lowest BCUT2D eigenvalue weighted by molar-refractivity contribution is 0.0766. The van der Waals surface area contributed by atoms with Gasteiger partial charge < -0.3 is 9.80 Å². The van der Waals surface area contributed by atoms with Gasteiger partial charge >= 0.3 is 0 Å². The first-order valence-electron chi connectivity index (χ1n) is 11.5. The number of rotatable bonds is 5. The van der Waals surface area contributed by atoms with E-state index in [1.807, 2.05) is 32.0 Å². The number of sulfonamides is 1. The van der Waals surface area contributed by atoms with Gasteiger partial charge in [-0.15, -0.1) is 0 Å². The Morgan fingerprint density at radius 2 is 1.71 bits per heavy atom. The zero-order valence-electron chi connectivity index (χ0n) is 19.9. The molecule has 0 unspecified atom stereocenters. The topological polar surface area (TPSA) is 93.5 Å². The van der Waals surface area contributed by atoms with Crippen LogP contribution in [0.1, 0.15) is 33.5 Å². The summed E-state index contributed by atoms with van der Waals surface area (Å²) in [5.41, 5.74) is 4.18. The van der Waals surface area contributed by atoms with Crippen LogP contribution in [0, 0.1) is 25.2 Å². The molecule has 0 saturated carbocycles. The highest BCUT2D eigenvalue weighted by molar-refractivity contribution is 7.92. The van der Waals surface area contributed by atoms with Crippen LogP contribution in [0.25, 0.3) is 0 Å². The summed E-state index contributed by atoms with van der Waals surface area (Å²) in [5.74, 6) is -0.170. The van der Waals surface area contributed by atoms with Crippen LogP contribution in [0.3, 0.4) is 0 Å². The van der Waals surface area contributed by atoms with E-state index < -0.39 is 10.0 Å². The van der Waals surface area contributed by atoms with Crippen LogP contribution < -0.4 is 9.62 Å². The molecule has 0 aromatic heterocycles. The molecule has 8 heteroatoms. The van der Waals surface area contributed by atoms with E-state index in [9.17, 15) is 13.2 Å². The van der Waals surface area contributed by atoms with Crippen molar-refractivity contribution >= 4 is 27.3 Å². The van der Waals surface area contributed by atoms with Crippen molar-refractivity contribution in [3.63, 3.8) is 0 Å². The SMILES string of the molecule is Cc1cccc(NS(=O)(=O)c2ccc(C)c(C(=O)N3CCCN(c4ccc(C#N)cc4)CC3)c2)c1. The normalized spacial score (nSPS) is 14.2. The summed E-state index contributed by atoms with van der Waals surface area (Å²) in [4.78, 5) is 17.5. The molecule has 1 heterocycles. The molecule has 0 radical (unpaired) electrons. The highest BCUT2D eigenvalue weighted by Gasteiger charge is 2.24. The number of carbonyl (C=O) groups is 1. The number of benzene rings is 3. The van der Waals surface area contributed by atoms with Crippen molar-refractivity contribution < 1.29 is 13.2 Å². The standard InChI is InChI=1S/C27H28N4O3S/c1-20-5-3-6-23(17-20)29-35(33,34)25-12-7-21(2)26(18-25)27(32)31-14-4-13-30(15-16-31)24-10-8-22(19-28)9-11-24/h3,5-12,17-18,29H,4,13-16H2,1-2H3. The van der Waals surface area contributed by atoms with Crippen molar-refractivity contribution in [3.05, 3.63) is 89.0 Å². The predicted octanol–water partition coefficient (Wildman–Crippen LogP) is 4.33. The molecule has 1 fully saturated rings. The van der Waals surface area contributed by atoms with Gasteiger partial charge in [0, 0.05) is 43.1 Å². The van der Waals surface area contributed by atoms with Gasteiger partial charge in [0.05, 0.1) is 16.5 Å². The van der Waals surface area contributed by atoms with Gasteiger partial charge in [0.15, 0.2) is 0 Å². The third-order valence-corrected chi connectivity index (χ3v) is 7.54. The molecule has 1 N–H and O–H groups in total. The van der Waals surface area contributed by atoms with Crippen LogP contribution in [-0.2, 0) is 10.0 Å². The molecular formula is C27H28N4O3S. The highest BCUT2D eigenvalue weighted by Crippen LogP contribution is 2.23. The van der Waals surface area contributed by atoms with Crippen LogP contribution in [0.4, 0.5) is 11.4 Å². The molecule has 1 aliphatic rings. The van der Waals surface area contributed by atoms with Crippen LogP contribution in [0.2, 0.25) is 0 Å². The number of nitrogens with one attached hydrogen (secondary N) is 1. The third kappa shape index (κ3) is 5.64. The molecule has 0 spiro atoms. The lowest BCUT2D eigenvalue weighted by atomic mass is 10.1. The number of nitriles is 1. The number of hydrogen-bond donors (Lipinski definition) is 1. The monoisotopic (exact) mass is 488 g/mol. The number of nitrogens with zero attached hydrogens (tertiary/aromatic N) is 3. The Labute approximate surface area is 206 Å². The second kappa shape index (κ2) is 10.2. The molecule has 35 heavy (non-hydrogen) atoms. The Balaban J connectivity index is 1.51. The molecular weight excluding hydrogens is 460 g/mol. The molecule has 4 rings (SSSR count). The summed E-state index contributed by atoms with van der Waals surface area (Å²) < 4.78 is 28.6. The summed E-state index contributed by atoms with van der Waals surface area (Å²) in [7, 11) is -3.84. The summed E-state index contributed by atoms with van der Waals surface area (Å²) in [6.45, 7) is 6.27. The first-order valence-corrected chi connectivity index (χ1v) is 13.0. The lowest BCUT2D eigenvalue weighted by Crippen LogP contribution is -2.35. The van der Waals surface area contributed by atoms with Crippen molar-refractivity contribution in [2.45, 2.75) is 25.2 Å². The number of anilines is 2. The van der Waals surface area contributed by atoms with E-state index in [1.165, 1.54) is 12.1 Å². The molecule has 7 nitrogen and oxygen atoms in total. The molecule has 3 aromatic carbocycles. The zero-order chi connectivity index (χ0) is 25.0. The predicted molar refractivity (Wildman–Crippen MR) is 137 cm³/mol. The van der Waals surface area contributed by atoms with E-state index in [0.717, 1.165) is 29.8 Å². The largest absolute Gasteiger partial charge is 0.370 e. The minimum Gasteiger partial charge on any atom is -0.370 e. The molecule has 1 amide bonds. The van der Waals surface area contributed by atoms with Gasteiger partial charge in [0.25, 0.3) is 15.9 Å². The Morgan fingerprint density at radius 3 is 2.43 bits per heavy atom. The minimum absolute atomic E-state index is 0.0574. The first-order chi connectivity index (χ1) is 16.8. The van der Waals surface area contributed by atoms with E-state index >= 15 is 0 Å². The number of aryl methyl sites for hydroxylation is 2. The van der Waals surface area contributed by atoms with Crippen molar-refractivity contribution in [1.29, 1.82) is 5.26 Å².